The van der Waals surface area contributed by atoms with Crippen molar-refractivity contribution in [3.63, 3.8) is 0 Å². The average Bonchev–Trinajstić information content (AvgIpc) is 2.28. The third-order valence-corrected chi connectivity index (χ3v) is 2.93. The van der Waals surface area contributed by atoms with Gasteiger partial charge in [0.25, 0.3) is 0 Å². The molecule has 0 unspecified atom stereocenters. The van der Waals surface area contributed by atoms with Crippen molar-refractivity contribution in [2.24, 2.45) is 0 Å². The molecule has 17 heavy (non-hydrogen) atoms. The van der Waals surface area contributed by atoms with E-state index in [1.165, 1.54) is 0 Å². The summed E-state index contributed by atoms with van der Waals surface area (Å²) in [5.41, 5.74) is 6.31. The zero-order chi connectivity index (χ0) is 12.4. The highest BCUT2D eigenvalue weighted by Gasteiger charge is 2.09. The van der Waals surface area contributed by atoms with Gasteiger partial charge < -0.3 is 11.1 Å². The molecule has 0 radical (unpaired) electrons. The van der Waals surface area contributed by atoms with Crippen LogP contribution in [0.4, 0.5) is 25.8 Å². The lowest BCUT2D eigenvalue weighted by molar-refractivity contribution is 0.587. The Balaban J connectivity index is 2.40. The first-order valence-corrected chi connectivity index (χ1v) is 5.63. The molecule has 0 aromatic heterocycles. The fourth-order valence-corrected chi connectivity index (χ4v) is 1.78. The third-order valence-electron chi connectivity index (χ3n) is 2.24. The molecule has 2 rings (SSSR count). The molecular formula is C12H9BrF2N2. The molecular weight excluding hydrogens is 290 g/mol. The van der Waals surface area contributed by atoms with Gasteiger partial charge in [0.2, 0.25) is 0 Å². The molecule has 0 aliphatic heterocycles. The summed E-state index contributed by atoms with van der Waals surface area (Å²) in [6.45, 7) is 0. The smallest absolute Gasteiger partial charge is 0.151 e. The van der Waals surface area contributed by atoms with E-state index in [-0.39, 0.29) is 11.4 Å². The van der Waals surface area contributed by atoms with Crippen LogP contribution in [0.25, 0.3) is 0 Å². The van der Waals surface area contributed by atoms with Gasteiger partial charge in [0, 0.05) is 10.5 Å². The first kappa shape index (κ1) is 11.9. The number of rotatable bonds is 2. The summed E-state index contributed by atoms with van der Waals surface area (Å²) >= 11 is 3.32. The van der Waals surface area contributed by atoms with Gasteiger partial charge in [-0.1, -0.05) is 12.1 Å². The minimum absolute atomic E-state index is 0.109. The molecule has 0 aliphatic rings. The van der Waals surface area contributed by atoms with Crippen molar-refractivity contribution in [2.75, 3.05) is 11.1 Å². The summed E-state index contributed by atoms with van der Waals surface area (Å²) in [6, 6.07) is 9.13. The van der Waals surface area contributed by atoms with Crippen molar-refractivity contribution in [2.45, 2.75) is 0 Å². The van der Waals surface area contributed by atoms with E-state index in [0.29, 0.717) is 5.69 Å². The highest BCUT2D eigenvalue weighted by molar-refractivity contribution is 9.10. The van der Waals surface area contributed by atoms with Gasteiger partial charge in [-0.3, -0.25) is 0 Å². The molecule has 0 fully saturated rings. The van der Waals surface area contributed by atoms with E-state index in [9.17, 15) is 8.78 Å². The molecule has 88 valence electrons. The Hall–Kier alpha value is -1.62. The van der Waals surface area contributed by atoms with Crippen LogP contribution in [0.2, 0.25) is 0 Å². The summed E-state index contributed by atoms with van der Waals surface area (Å²) in [5.74, 6) is -1.45. The summed E-state index contributed by atoms with van der Waals surface area (Å²) in [4.78, 5) is 0. The summed E-state index contributed by atoms with van der Waals surface area (Å²) in [7, 11) is 0. The zero-order valence-corrected chi connectivity index (χ0v) is 10.3. The van der Waals surface area contributed by atoms with Crippen molar-refractivity contribution in [3.8, 4) is 0 Å². The van der Waals surface area contributed by atoms with E-state index in [1.54, 1.807) is 12.1 Å². The lowest BCUT2D eigenvalue weighted by atomic mass is 10.2. The van der Waals surface area contributed by atoms with E-state index < -0.39 is 11.6 Å². The number of halogens is 3. The first-order chi connectivity index (χ1) is 8.08. The van der Waals surface area contributed by atoms with E-state index in [2.05, 4.69) is 21.2 Å². The fraction of sp³-hybridized carbons (Fsp3) is 0. The summed E-state index contributed by atoms with van der Waals surface area (Å²) < 4.78 is 27.1. The van der Waals surface area contributed by atoms with Crippen LogP contribution in [0.1, 0.15) is 0 Å². The SMILES string of the molecule is Nc1c(F)cc(F)cc1Nc1ccccc1Br. The Labute approximate surface area is 106 Å². The van der Waals surface area contributed by atoms with Crippen LogP contribution in [0.3, 0.4) is 0 Å². The maximum absolute atomic E-state index is 13.2. The Kier molecular flexibility index (Phi) is 3.28. The van der Waals surface area contributed by atoms with Crippen LogP contribution in [0.5, 0.6) is 0 Å². The molecule has 5 heteroatoms. The molecule has 0 aliphatic carbocycles. The molecule has 2 aromatic carbocycles. The van der Waals surface area contributed by atoms with Gasteiger partial charge in [0.05, 0.1) is 17.1 Å². The molecule has 2 aromatic rings. The molecule has 0 bridgehead atoms. The van der Waals surface area contributed by atoms with Crippen molar-refractivity contribution in [1.82, 2.24) is 0 Å². The van der Waals surface area contributed by atoms with E-state index in [1.807, 2.05) is 12.1 Å². The topological polar surface area (TPSA) is 38.0 Å². The maximum Gasteiger partial charge on any atom is 0.151 e. The number of nitrogens with one attached hydrogen (secondary N) is 1. The highest BCUT2D eigenvalue weighted by Crippen LogP contribution is 2.30. The summed E-state index contributed by atoms with van der Waals surface area (Å²) in [6.07, 6.45) is 0. The monoisotopic (exact) mass is 298 g/mol. The van der Waals surface area contributed by atoms with E-state index in [4.69, 9.17) is 5.73 Å². The molecule has 3 N–H and O–H groups in total. The lowest BCUT2D eigenvalue weighted by Gasteiger charge is -2.11. The van der Waals surface area contributed by atoms with Crippen molar-refractivity contribution in [3.05, 3.63) is 52.5 Å². The van der Waals surface area contributed by atoms with Gasteiger partial charge in [-0.25, -0.2) is 8.78 Å². The van der Waals surface area contributed by atoms with Crippen LogP contribution in [0, 0.1) is 11.6 Å². The van der Waals surface area contributed by atoms with Crippen LogP contribution >= 0.6 is 15.9 Å². The van der Waals surface area contributed by atoms with Crippen LogP contribution < -0.4 is 11.1 Å². The minimum atomic E-state index is -0.778. The lowest BCUT2D eigenvalue weighted by Crippen LogP contribution is -2.00. The van der Waals surface area contributed by atoms with Gasteiger partial charge in [-0.15, -0.1) is 0 Å². The minimum Gasteiger partial charge on any atom is -0.395 e. The second kappa shape index (κ2) is 4.71. The molecule has 0 atom stereocenters. The van der Waals surface area contributed by atoms with Gasteiger partial charge >= 0.3 is 0 Å². The van der Waals surface area contributed by atoms with Crippen LogP contribution in [0.15, 0.2) is 40.9 Å². The first-order valence-electron chi connectivity index (χ1n) is 4.84. The zero-order valence-electron chi connectivity index (χ0n) is 8.68. The van der Waals surface area contributed by atoms with Crippen LogP contribution in [-0.4, -0.2) is 0 Å². The third kappa shape index (κ3) is 2.55. The predicted octanol–water partition coefficient (Wildman–Crippen LogP) is 4.05. The number of benzene rings is 2. The van der Waals surface area contributed by atoms with E-state index >= 15 is 0 Å². The molecule has 0 spiro atoms. The Morgan fingerprint density at radius 1 is 1.06 bits per heavy atom. The Bertz CT molecular complexity index is 558. The standard InChI is InChI=1S/C12H9BrF2N2/c13-8-3-1-2-4-10(8)17-11-6-7(14)5-9(15)12(11)16/h1-6,17H,16H2. The predicted molar refractivity (Wildman–Crippen MR) is 68.2 cm³/mol. The average molecular weight is 299 g/mol. The van der Waals surface area contributed by atoms with Crippen molar-refractivity contribution in [1.29, 1.82) is 0 Å². The van der Waals surface area contributed by atoms with Gasteiger partial charge in [-0.05, 0) is 34.1 Å². The van der Waals surface area contributed by atoms with E-state index in [0.717, 1.165) is 16.6 Å². The normalized spacial score (nSPS) is 10.3. The molecule has 0 amide bonds. The second-order valence-electron chi connectivity index (χ2n) is 3.45. The molecule has 0 saturated carbocycles. The maximum atomic E-state index is 13.2. The number of para-hydroxylation sites is 1. The van der Waals surface area contributed by atoms with Gasteiger partial charge in [-0.2, -0.15) is 0 Å². The number of nitrogen functional groups attached to an aromatic ring is 1. The quantitative estimate of drug-likeness (QED) is 0.821. The largest absolute Gasteiger partial charge is 0.395 e. The Morgan fingerprint density at radius 3 is 2.47 bits per heavy atom. The summed E-state index contributed by atoms with van der Waals surface area (Å²) in [5, 5.41) is 2.87. The number of hydrogen-bond donors (Lipinski definition) is 2. The molecule has 2 nitrogen and oxygen atoms in total. The number of nitrogens with two attached hydrogens (primary N) is 1. The van der Waals surface area contributed by atoms with Crippen molar-refractivity contribution >= 4 is 33.0 Å². The van der Waals surface area contributed by atoms with Gasteiger partial charge in [0.15, 0.2) is 5.82 Å². The Morgan fingerprint density at radius 2 is 1.76 bits per heavy atom. The second-order valence-corrected chi connectivity index (χ2v) is 4.31. The molecule has 0 saturated heterocycles. The fourth-order valence-electron chi connectivity index (χ4n) is 1.40. The van der Waals surface area contributed by atoms with Crippen molar-refractivity contribution < 1.29 is 8.78 Å². The number of hydrogen-bond acceptors (Lipinski definition) is 2. The number of anilines is 3. The molecule has 0 heterocycles. The van der Waals surface area contributed by atoms with Gasteiger partial charge in [0.1, 0.15) is 5.82 Å². The highest BCUT2D eigenvalue weighted by atomic mass is 79.9. The van der Waals surface area contributed by atoms with Crippen LogP contribution in [-0.2, 0) is 0 Å².